The molecule has 0 spiro atoms. The highest BCUT2D eigenvalue weighted by atomic mass is 16.5. The van der Waals surface area contributed by atoms with Gasteiger partial charge in [0.05, 0.1) is 19.8 Å². The number of nitrogens with zero attached hydrogens (tertiary/aromatic N) is 2. The fraction of sp³-hybridized carbons (Fsp3) is 0.867. The van der Waals surface area contributed by atoms with Gasteiger partial charge in [-0.1, -0.05) is 0 Å². The van der Waals surface area contributed by atoms with Crippen molar-refractivity contribution in [1.29, 1.82) is 0 Å². The summed E-state index contributed by atoms with van der Waals surface area (Å²) >= 11 is 0. The van der Waals surface area contributed by atoms with E-state index < -0.39 is 6.04 Å². The molecule has 0 aromatic carbocycles. The molecule has 1 rings (SSSR count). The third-order valence-corrected chi connectivity index (χ3v) is 3.80. The number of carbonyl (C=O) groups excluding carboxylic acids is 2. The highest BCUT2D eigenvalue weighted by molar-refractivity contribution is 5.83. The van der Waals surface area contributed by atoms with E-state index in [1.807, 2.05) is 13.8 Å². The molecule has 1 atom stereocenters. The van der Waals surface area contributed by atoms with Crippen LogP contribution < -0.4 is 5.32 Å². The lowest BCUT2D eigenvalue weighted by atomic mass is 10.2. The van der Waals surface area contributed by atoms with Gasteiger partial charge in [-0.2, -0.15) is 0 Å². The monoisotopic (exact) mass is 315 g/mol. The molecule has 0 unspecified atom stereocenters. The van der Waals surface area contributed by atoms with Crippen molar-refractivity contribution in [2.45, 2.75) is 39.3 Å². The number of morpholine rings is 1. The summed E-state index contributed by atoms with van der Waals surface area (Å²) in [5.74, 6) is -0.374. The van der Waals surface area contributed by atoms with E-state index in [1.165, 1.54) is 0 Å². The normalized spacial score (nSPS) is 17.1. The van der Waals surface area contributed by atoms with Crippen molar-refractivity contribution in [3.63, 3.8) is 0 Å². The van der Waals surface area contributed by atoms with E-state index in [-0.39, 0.29) is 18.0 Å². The van der Waals surface area contributed by atoms with E-state index in [2.05, 4.69) is 10.2 Å². The highest BCUT2D eigenvalue weighted by Crippen LogP contribution is 2.04. The van der Waals surface area contributed by atoms with Crippen LogP contribution in [0.4, 0.5) is 4.79 Å². The van der Waals surface area contributed by atoms with Gasteiger partial charge in [0.25, 0.3) is 0 Å². The molecule has 1 heterocycles. The molecular weight excluding hydrogens is 286 g/mol. The van der Waals surface area contributed by atoms with Gasteiger partial charge in [-0.05, 0) is 27.2 Å². The summed E-state index contributed by atoms with van der Waals surface area (Å²) in [4.78, 5) is 28.0. The first-order chi connectivity index (χ1) is 10.5. The van der Waals surface area contributed by atoms with Crippen molar-refractivity contribution in [3.05, 3.63) is 0 Å². The lowest BCUT2D eigenvalue weighted by Gasteiger charge is -2.29. The molecule has 0 bridgehead atoms. The Kier molecular flexibility index (Phi) is 8.19. The van der Waals surface area contributed by atoms with Crippen LogP contribution in [-0.4, -0.2) is 80.4 Å². The third-order valence-electron chi connectivity index (χ3n) is 3.80. The Bertz CT molecular complexity index is 357. The average molecular weight is 315 g/mol. The van der Waals surface area contributed by atoms with E-state index in [4.69, 9.17) is 9.47 Å². The van der Waals surface area contributed by atoms with E-state index in [9.17, 15) is 9.59 Å². The van der Waals surface area contributed by atoms with Gasteiger partial charge < -0.3 is 19.7 Å². The predicted octanol–water partition coefficient (Wildman–Crippen LogP) is 0.690. The van der Waals surface area contributed by atoms with Crippen molar-refractivity contribution in [1.82, 2.24) is 15.1 Å². The maximum absolute atomic E-state index is 12.1. The van der Waals surface area contributed by atoms with E-state index >= 15 is 0 Å². The Morgan fingerprint density at radius 3 is 2.50 bits per heavy atom. The second-order valence-electron chi connectivity index (χ2n) is 5.70. The van der Waals surface area contributed by atoms with Gasteiger partial charge in [0.15, 0.2) is 0 Å². The van der Waals surface area contributed by atoms with Crippen LogP contribution in [0.1, 0.15) is 27.2 Å². The van der Waals surface area contributed by atoms with Crippen LogP contribution in [0.5, 0.6) is 0 Å². The maximum Gasteiger partial charge on any atom is 0.328 e. The molecule has 0 aromatic heterocycles. The summed E-state index contributed by atoms with van der Waals surface area (Å²) in [5, 5.41) is 2.78. The van der Waals surface area contributed by atoms with E-state index in [0.29, 0.717) is 26.2 Å². The van der Waals surface area contributed by atoms with Crippen LogP contribution >= 0.6 is 0 Å². The van der Waals surface area contributed by atoms with Gasteiger partial charge in [-0.3, -0.25) is 4.90 Å². The first kappa shape index (κ1) is 18.7. The molecule has 22 heavy (non-hydrogen) atoms. The van der Waals surface area contributed by atoms with Crippen LogP contribution in [0.25, 0.3) is 0 Å². The van der Waals surface area contributed by atoms with Gasteiger partial charge in [-0.25, -0.2) is 9.59 Å². The Balaban J connectivity index is 2.55. The predicted molar refractivity (Wildman–Crippen MR) is 83.7 cm³/mol. The zero-order valence-corrected chi connectivity index (χ0v) is 14.1. The molecule has 1 aliphatic rings. The molecule has 7 nitrogen and oxygen atoms in total. The van der Waals surface area contributed by atoms with Crippen LogP contribution in [-0.2, 0) is 14.3 Å². The summed E-state index contributed by atoms with van der Waals surface area (Å²) in [6, 6.07) is -0.798. The standard InChI is InChI=1S/C15H29N3O4/c1-5-22-14(19)13(16-15(20)17(4)12(2)3)6-7-18-8-10-21-11-9-18/h12-13H,5-11H2,1-4H3,(H,16,20)/t13-/m0/s1. The Labute approximate surface area is 132 Å². The zero-order chi connectivity index (χ0) is 16.5. The third kappa shape index (κ3) is 6.19. The SMILES string of the molecule is CCOC(=O)[C@H](CCN1CCOCC1)NC(=O)N(C)C(C)C. The first-order valence-corrected chi connectivity index (χ1v) is 7.95. The number of urea groups is 1. The number of hydrogen-bond acceptors (Lipinski definition) is 5. The minimum Gasteiger partial charge on any atom is -0.464 e. The first-order valence-electron chi connectivity index (χ1n) is 7.95. The molecule has 0 aromatic rings. The molecule has 1 saturated heterocycles. The second-order valence-corrected chi connectivity index (χ2v) is 5.70. The fourth-order valence-electron chi connectivity index (χ4n) is 2.11. The molecule has 0 saturated carbocycles. The van der Waals surface area contributed by atoms with Crippen molar-refractivity contribution < 1.29 is 19.1 Å². The van der Waals surface area contributed by atoms with Crippen molar-refractivity contribution in [2.24, 2.45) is 0 Å². The molecular formula is C15H29N3O4. The van der Waals surface area contributed by atoms with Gasteiger partial charge >= 0.3 is 12.0 Å². The summed E-state index contributed by atoms with van der Waals surface area (Å²) in [6.45, 7) is 9.80. The molecule has 1 N–H and O–H groups in total. The lowest BCUT2D eigenvalue weighted by Crippen LogP contribution is -2.50. The van der Waals surface area contributed by atoms with Crippen LogP contribution in [0.15, 0.2) is 0 Å². The number of carbonyl (C=O) groups is 2. The second kappa shape index (κ2) is 9.63. The Hall–Kier alpha value is -1.34. The van der Waals surface area contributed by atoms with E-state index in [0.717, 1.165) is 19.6 Å². The topological polar surface area (TPSA) is 71.1 Å². The number of rotatable bonds is 7. The van der Waals surface area contributed by atoms with Crippen LogP contribution in [0.3, 0.4) is 0 Å². The quantitative estimate of drug-likeness (QED) is 0.700. The molecule has 2 amide bonds. The van der Waals surface area contributed by atoms with Gasteiger partial charge in [0, 0.05) is 32.7 Å². The molecule has 128 valence electrons. The molecule has 0 aliphatic carbocycles. The summed E-state index contributed by atoms with van der Waals surface area (Å²) in [7, 11) is 1.71. The summed E-state index contributed by atoms with van der Waals surface area (Å²) in [5.41, 5.74) is 0. The van der Waals surface area contributed by atoms with Crippen molar-refractivity contribution >= 4 is 12.0 Å². The Morgan fingerprint density at radius 1 is 1.32 bits per heavy atom. The zero-order valence-electron chi connectivity index (χ0n) is 14.1. The number of nitrogens with one attached hydrogen (secondary N) is 1. The van der Waals surface area contributed by atoms with Gasteiger partial charge in [0.2, 0.25) is 0 Å². The summed E-state index contributed by atoms with van der Waals surface area (Å²) < 4.78 is 10.4. The van der Waals surface area contributed by atoms with E-state index in [1.54, 1.807) is 18.9 Å². The number of amides is 2. The average Bonchev–Trinajstić information content (AvgIpc) is 2.51. The largest absolute Gasteiger partial charge is 0.464 e. The summed E-state index contributed by atoms with van der Waals surface area (Å²) in [6.07, 6.45) is 0.538. The van der Waals surface area contributed by atoms with Crippen molar-refractivity contribution in [2.75, 3.05) is 46.5 Å². The lowest BCUT2D eigenvalue weighted by molar-refractivity contribution is -0.145. The van der Waals surface area contributed by atoms with Crippen LogP contribution in [0.2, 0.25) is 0 Å². The maximum atomic E-state index is 12.1. The number of ether oxygens (including phenoxy) is 2. The molecule has 0 radical (unpaired) electrons. The fourth-order valence-corrected chi connectivity index (χ4v) is 2.11. The molecule has 1 fully saturated rings. The Morgan fingerprint density at radius 2 is 1.95 bits per heavy atom. The molecule has 7 heteroatoms. The van der Waals surface area contributed by atoms with Gasteiger partial charge in [0.1, 0.15) is 6.04 Å². The van der Waals surface area contributed by atoms with Gasteiger partial charge in [-0.15, -0.1) is 0 Å². The number of hydrogen-bond donors (Lipinski definition) is 1. The minimum atomic E-state index is -0.614. The minimum absolute atomic E-state index is 0.0714. The molecule has 1 aliphatic heterocycles. The van der Waals surface area contributed by atoms with Crippen LogP contribution in [0, 0.1) is 0 Å². The van der Waals surface area contributed by atoms with Crippen molar-refractivity contribution in [3.8, 4) is 0 Å². The smallest absolute Gasteiger partial charge is 0.328 e. The highest BCUT2D eigenvalue weighted by Gasteiger charge is 2.25. The number of esters is 1.